The number of rotatable bonds is 2. The van der Waals surface area contributed by atoms with Gasteiger partial charge in [-0.3, -0.25) is 0 Å². The van der Waals surface area contributed by atoms with E-state index in [1.54, 1.807) is 11.3 Å². The third kappa shape index (κ3) is 3.09. The van der Waals surface area contributed by atoms with Crippen LogP contribution in [-0.2, 0) is 6.54 Å². The maximum atomic E-state index is 12.3. The average Bonchev–Trinajstić information content (AvgIpc) is 2.89. The van der Waals surface area contributed by atoms with E-state index in [4.69, 9.17) is 0 Å². The number of carbonyl (C=O) groups excluding carboxylic acids is 1. The SMILES string of the molecule is Cc1cscc1CNC(=O)N1CCC2(O)CCCCC2C1. The summed E-state index contributed by atoms with van der Waals surface area (Å²) in [4.78, 5) is 14.2. The lowest BCUT2D eigenvalue weighted by Gasteiger charge is -2.47. The van der Waals surface area contributed by atoms with E-state index in [0.717, 1.165) is 25.7 Å². The number of aliphatic hydroxyl groups is 1. The molecule has 4 nitrogen and oxygen atoms in total. The van der Waals surface area contributed by atoms with Crippen LogP contribution in [0.1, 0.15) is 43.2 Å². The van der Waals surface area contributed by atoms with Crippen molar-refractivity contribution in [1.29, 1.82) is 0 Å². The van der Waals surface area contributed by atoms with Gasteiger partial charge in [0, 0.05) is 25.6 Å². The Morgan fingerprint density at radius 1 is 1.48 bits per heavy atom. The zero-order chi connectivity index (χ0) is 14.9. The summed E-state index contributed by atoms with van der Waals surface area (Å²) in [6.07, 6.45) is 4.97. The van der Waals surface area contributed by atoms with Crippen molar-refractivity contribution in [1.82, 2.24) is 10.2 Å². The molecule has 1 saturated carbocycles. The topological polar surface area (TPSA) is 52.6 Å². The van der Waals surface area contributed by atoms with Crippen molar-refractivity contribution in [2.75, 3.05) is 13.1 Å². The van der Waals surface area contributed by atoms with Gasteiger partial charge in [-0.05, 0) is 48.1 Å². The first-order valence-corrected chi connectivity index (χ1v) is 8.79. The molecule has 2 amide bonds. The Kier molecular flexibility index (Phi) is 4.22. The minimum Gasteiger partial charge on any atom is -0.389 e. The highest BCUT2D eigenvalue weighted by atomic mass is 32.1. The summed E-state index contributed by atoms with van der Waals surface area (Å²) in [5.41, 5.74) is 1.92. The maximum Gasteiger partial charge on any atom is 0.317 e. The number of hydrogen-bond acceptors (Lipinski definition) is 3. The first-order chi connectivity index (χ1) is 10.1. The Bertz CT molecular complexity index is 516. The van der Waals surface area contributed by atoms with Gasteiger partial charge in [0.05, 0.1) is 5.60 Å². The van der Waals surface area contributed by atoms with Gasteiger partial charge in [0.25, 0.3) is 0 Å². The second kappa shape index (κ2) is 5.97. The van der Waals surface area contributed by atoms with Gasteiger partial charge in [0.1, 0.15) is 0 Å². The second-order valence-corrected chi connectivity index (χ2v) is 7.22. The molecule has 0 bridgehead atoms. The van der Waals surface area contributed by atoms with Crippen LogP contribution in [0.25, 0.3) is 0 Å². The van der Waals surface area contributed by atoms with E-state index in [1.807, 2.05) is 4.90 Å². The molecule has 21 heavy (non-hydrogen) atoms. The van der Waals surface area contributed by atoms with Gasteiger partial charge in [-0.15, -0.1) is 0 Å². The number of amides is 2. The summed E-state index contributed by atoms with van der Waals surface area (Å²) in [6.45, 7) is 4.03. The van der Waals surface area contributed by atoms with E-state index >= 15 is 0 Å². The third-order valence-corrected chi connectivity index (χ3v) is 6.02. The molecule has 1 saturated heterocycles. The molecule has 1 aliphatic carbocycles. The van der Waals surface area contributed by atoms with Gasteiger partial charge in [0.15, 0.2) is 0 Å². The highest BCUT2D eigenvalue weighted by molar-refractivity contribution is 7.08. The third-order valence-electron chi connectivity index (χ3n) is 5.11. The van der Waals surface area contributed by atoms with Crippen LogP contribution in [0.3, 0.4) is 0 Å². The van der Waals surface area contributed by atoms with Crippen LogP contribution in [0.15, 0.2) is 10.8 Å². The van der Waals surface area contributed by atoms with Crippen molar-refractivity contribution in [2.24, 2.45) is 5.92 Å². The number of thiophene rings is 1. The molecule has 1 aliphatic heterocycles. The summed E-state index contributed by atoms with van der Waals surface area (Å²) in [5, 5.41) is 17.9. The second-order valence-electron chi connectivity index (χ2n) is 6.48. The molecule has 3 rings (SSSR count). The van der Waals surface area contributed by atoms with E-state index in [1.165, 1.54) is 17.5 Å². The lowest BCUT2D eigenvalue weighted by molar-refractivity contribution is -0.0870. The fourth-order valence-electron chi connectivity index (χ4n) is 3.61. The molecule has 0 spiro atoms. The van der Waals surface area contributed by atoms with Crippen molar-refractivity contribution >= 4 is 17.4 Å². The number of piperidine rings is 1. The highest BCUT2D eigenvalue weighted by Gasteiger charge is 2.43. The number of fused-ring (bicyclic) bond motifs is 1. The molecular weight excluding hydrogens is 284 g/mol. The van der Waals surface area contributed by atoms with Crippen molar-refractivity contribution in [3.63, 3.8) is 0 Å². The van der Waals surface area contributed by atoms with Crippen LogP contribution < -0.4 is 5.32 Å². The van der Waals surface area contributed by atoms with Crippen molar-refractivity contribution in [3.05, 3.63) is 21.9 Å². The smallest absolute Gasteiger partial charge is 0.317 e. The lowest BCUT2D eigenvalue weighted by atomic mass is 9.71. The van der Waals surface area contributed by atoms with E-state index in [0.29, 0.717) is 19.6 Å². The van der Waals surface area contributed by atoms with Crippen LogP contribution in [0, 0.1) is 12.8 Å². The molecule has 116 valence electrons. The molecule has 1 aromatic heterocycles. The zero-order valence-electron chi connectivity index (χ0n) is 12.6. The normalized spacial score (nSPS) is 29.0. The first-order valence-electron chi connectivity index (χ1n) is 7.85. The molecule has 5 heteroatoms. The monoisotopic (exact) mass is 308 g/mol. The van der Waals surface area contributed by atoms with E-state index < -0.39 is 5.60 Å². The van der Waals surface area contributed by atoms with Crippen molar-refractivity contribution in [3.8, 4) is 0 Å². The largest absolute Gasteiger partial charge is 0.389 e. The van der Waals surface area contributed by atoms with Crippen molar-refractivity contribution < 1.29 is 9.90 Å². The molecule has 0 radical (unpaired) electrons. The van der Waals surface area contributed by atoms with E-state index in [9.17, 15) is 9.90 Å². The standard InChI is InChI=1S/C16H24N2O2S/c1-12-10-21-11-13(12)8-17-15(19)18-7-6-16(20)5-3-2-4-14(16)9-18/h10-11,14,20H,2-9H2,1H3,(H,17,19). The van der Waals surface area contributed by atoms with Crippen LogP contribution in [0.5, 0.6) is 0 Å². The fourth-order valence-corrected chi connectivity index (χ4v) is 4.46. The summed E-state index contributed by atoms with van der Waals surface area (Å²) in [5.74, 6) is 0.258. The number of hydrogen-bond donors (Lipinski definition) is 2. The quantitative estimate of drug-likeness (QED) is 0.882. The number of likely N-dealkylation sites (tertiary alicyclic amines) is 1. The first kappa shape index (κ1) is 14.9. The highest BCUT2D eigenvalue weighted by Crippen LogP contribution is 2.39. The lowest BCUT2D eigenvalue weighted by Crippen LogP contribution is -2.56. The molecule has 2 N–H and O–H groups in total. The number of nitrogens with zero attached hydrogens (tertiary/aromatic N) is 1. The Labute approximate surface area is 130 Å². The number of carbonyl (C=O) groups is 1. The number of aryl methyl sites for hydroxylation is 1. The van der Waals surface area contributed by atoms with E-state index in [-0.39, 0.29) is 11.9 Å². The average molecular weight is 308 g/mol. The van der Waals surface area contributed by atoms with Gasteiger partial charge in [-0.1, -0.05) is 12.8 Å². The molecular formula is C16H24N2O2S. The molecule has 2 fully saturated rings. The molecule has 2 aliphatic rings. The summed E-state index contributed by atoms with van der Waals surface area (Å²) in [7, 11) is 0. The van der Waals surface area contributed by atoms with Crippen LogP contribution in [0.4, 0.5) is 4.79 Å². The predicted molar refractivity (Wildman–Crippen MR) is 84.4 cm³/mol. The van der Waals surface area contributed by atoms with Crippen LogP contribution in [-0.4, -0.2) is 34.7 Å². The molecule has 2 atom stereocenters. The van der Waals surface area contributed by atoms with Crippen LogP contribution in [0.2, 0.25) is 0 Å². The van der Waals surface area contributed by atoms with E-state index in [2.05, 4.69) is 23.0 Å². The van der Waals surface area contributed by atoms with Gasteiger partial charge >= 0.3 is 6.03 Å². The van der Waals surface area contributed by atoms with Gasteiger partial charge < -0.3 is 15.3 Å². The van der Waals surface area contributed by atoms with Crippen LogP contribution >= 0.6 is 11.3 Å². The Hall–Kier alpha value is -1.07. The Morgan fingerprint density at radius 2 is 2.33 bits per heavy atom. The summed E-state index contributed by atoms with van der Waals surface area (Å²) >= 11 is 1.67. The predicted octanol–water partition coefficient (Wildman–Crippen LogP) is 2.89. The molecule has 0 aromatic carbocycles. The Balaban J connectivity index is 1.55. The molecule has 2 heterocycles. The summed E-state index contributed by atoms with van der Waals surface area (Å²) in [6, 6.07) is 0.00761. The Morgan fingerprint density at radius 3 is 3.10 bits per heavy atom. The van der Waals surface area contributed by atoms with Gasteiger partial charge in [-0.25, -0.2) is 4.79 Å². The van der Waals surface area contributed by atoms with Gasteiger partial charge in [-0.2, -0.15) is 11.3 Å². The van der Waals surface area contributed by atoms with Gasteiger partial charge in [0.2, 0.25) is 0 Å². The molecule has 2 unspecified atom stereocenters. The minimum absolute atomic E-state index is 0.00761. The van der Waals surface area contributed by atoms with Crippen molar-refractivity contribution in [2.45, 2.75) is 51.2 Å². The minimum atomic E-state index is -0.515. The maximum absolute atomic E-state index is 12.3. The molecule has 1 aromatic rings. The number of urea groups is 1. The summed E-state index contributed by atoms with van der Waals surface area (Å²) < 4.78 is 0. The zero-order valence-corrected chi connectivity index (χ0v) is 13.4. The fraction of sp³-hybridized carbons (Fsp3) is 0.688. The number of nitrogens with one attached hydrogen (secondary N) is 1.